The zero-order valence-corrected chi connectivity index (χ0v) is 34.9. The molecule has 0 aliphatic carbocycles. The molecule has 5 N–H and O–H groups in total. The van der Waals surface area contributed by atoms with Gasteiger partial charge in [0.05, 0.1) is 34.5 Å². The van der Waals surface area contributed by atoms with E-state index in [1.165, 1.54) is 33.6 Å². The van der Waals surface area contributed by atoms with Gasteiger partial charge < -0.3 is 26.3 Å². The van der Waals surface area contributed by atoms with E-state index in [4.69, 9.17) is 23.7 Å². The first-order valence-corrected chi connectivity index (χ1v) is 21.4. The second-order valence-electron chi connectivity index (χ2n) is 14.9. The number of nitrogens with two attached hydrogens (primary N) is 2. The van der Waals surface area contributed by atoms with E-state index >= 15 is 0 Å². The van der Waals surface area contributed by atoms with Gasteiger partial charge in [-0.05, 0) is 34.4 Å². The Morgan fingerprint density at radius 2 is 1.10 bits per heavy atom. The predicted molar refractivity (Wildman–Crippen MR) is 246 cm³/mol. The molecule has 10 nitrogen and oxygen atoms in total. The summed E-state index contributed by atoms with van der Waals surface area (Å²) in [6.07, 6.45) is 3.60. The lowest BCUT2D eigenvalue weighted by molar-refractivity contribution is 0.100. The fourth-order valence-electron chi connectivity index (χ4n) is 8.53. The zero-order valence-electron chi connectivity index (χ0n) is 33.2. The average molecular weight is 830 g/mol. The summed E-state index contributed by atoms with van der Waals surface area (Å²) in [7, 11) is 0. The van der Waals surface area contributed by atoms with E-state index < -0.39 is 5.91 Å². The maximum absolute atomic E-state index is 11.8. The van der Waals surface area contributed by atoms with Gasteiger partial charge in [0.2, 0.25) is 0 Å². The number of piperazine rings is 2. The quantitative estimate of drug-likeness (QED) is 0.123. The van der Waals surface area contributed by atoms with E-state index in [0.29, 0.717) is 20.8 Å². The van der Waals surface area contributed by atoms with Crippen LogP contribution in [0.2, 0.25) is 0 Å². The molecule has 60 heavy (non-hydrogen) atoms. The lowest BCUT2D eigenvalue weighted by Crippen LogP contribution is -2.48. The minimum Gasteiger partial charge on any atom is -0.397 e. The van der Waals surface area contributed by atoms with Crippen molar-refractivity contribution < 1.29 is 4.79 Å². The number of nitriles is 1. The number of carbonyl (C=O) groups excluding carboxylic acids is 1. The molecular weight excluding hydrogens is 783 g/mol. The second kappa shape index (κ2) is 18.7. The van der Waals surface area contributed by atoms with Crippen LogP contribution in [0.3, 0.4) is 0 Å². The number of fused-ring (bicyclic) bond motifs is 1. The van der Waals surface area contributed by atoms with Crippen molar-refractivity contribution in [2.75, 3.05) is 67.9 Å². The fourth-order valence-corrected chi connectivity index (χ4v) is 9.68. The fraction of sp³-hybridized carbons (Fsp3) is 0.208. The Morgan fingerprint density at radius 3 is 1.52 bits per heavy atom. The molecule has 2 saturated heterocycles. The van der Waals surface area contributed by atoms with Crippen LogP contribution in [0.4, 0.5) is 17.1 Å². The van der Waals surface area contributed by atoms with Crippen molar-refractivity contribution in [1.82, 2.24) is 19.8 Å². The zero-order chi connectivity index (χ0) is 41.4. The summed E-state index contributed by atoms with van der Waals surface area (Å²) in [5, 5.41) is 10.3. The number of primary amides is 1. The average Bonchev–Trinajstić information content (AvgIpc) is 3.65. The van der Waals surface area contributed by atoms with Crippen LogP contribution in [0.1, 0.15) is 49.6 Å². The Hall–Kier alpha value is -6.36. The Bertz CT molecular complexity index is 2540. The molecule has 0 spiro atoms. The van der Waals surface area contributed by atoms with Gasteiger partial charge in [-0.2, -0.15) is 5.26 Å². The van der Waals surface area contributed by atoms with E-state index in [2.05, 4.69) is 157 Å². The van der Waals surface area contributed by atoms with E-state index in [-0.39, 0.29) is 12.1 Å². The van der Waals surface area contributed by atoms with E-state index in [1.807, 2.05) is 18.3 Å². The number of anilines is 3. The molecular formula is C48H47N9OS2. The first-order chi connectivity index (χ1) is 29.4. The van der Waals surface area contributed by atoms with Crippen LogP contribution in [0, 0.1) is 16.0 Å². The summed E-state index contributed by atoms with van der Waals surface area (Å²) < 4.78 is 0.508. The monoisotopic (exact) mass is 829 g/mol. The second-order valence-corrected chi connectivity index (χ2v) is 16.3. The normalized spacial score (nSPS) is 14.8. The number of pyridine rings is 2. The van der Waals surface area contributed by atoms with Crippen molar-refractivity contribution in [2.24, 2.45) is 5.73 Å². The number of aromatic nitrogens is 2. The highest BCUT2D eigenvalue weighted by Crippen LogP contribution is 2.39. The van der Waals surface area contributed by atoms with E-state index in [0.717, 1.165) is 73.9 Å². The molecule has 12 heteroatoms. The standard InChI is InChI=1S/C25H25N5OS.C23H22N4S/c26-21-20-19(11-12-28-25(20)32-23(21)24(27)31)29-13-15-30(16-14-29)22(17-7-3-1-4-8-17)18-9-5-2-6-10-18;24-17-20-21(11-12-25-23(20)28)26-13-15-27(16-14-26)22(18-7-3-1-4-8-18)19-9-5-2-6-10-19/h1-12,22H,13-16,26H2,(H2,27,31);1-12,22H,13-16H2,(H,25,28). The van der Waals surface area contributed by atoms with Crippen molar-refractivity contribution in [3.8, 4) is 6.07 Å². The number of nitrogens with one attached hydrogen (secondary N) is 1. The van der Waals surface area contributed by atoms with Crippen molar-refractivity contribution in [1.29, 1.82) is 5.26 Å². The highest BCUT2D eigenvalue weighted by Gasteiger charge is 2.29. The van der Waals surface area contributed by atoms with Crippen LogP contribution < -0.4 is 21.3 Å². The van der Waals surface area contributed by atoms with E-state index in [9.17, 15) is 10.1 Å². The number of hydrogen-bond donors (Lipinski definition) is 3. The number of carbonyl (C=O) groups is 1. The number of nitrogens with zero attached hydrogens (tertiary/aromatic N) is 6. The Kier molecular flexibility index (Phi) is 12.6. The third kappa shape index (κ3) is 8.66. The highest BCUT2D eigenvalue weighted by atomic mass is 32.1. The molecule has 2 fully saturated rings. The van der Waals surface area contributed by atoms with Crippen LogP contribution in [0.25, 0.3) is 10.2 Å². The van der Waals surface area contributed by atoms with Gasteiger partial charge in [0.25, 0.3) is 5.91 Å². The SMILES string of the molecule is N#Cc1c(N2CCN(C(c3ccccc3)c3ccccc3)CC2)cc[nH]c1=S.NC(=O)c1sc2nccc(N3CCN(C(c4ccccc4)c4ccccc4)CC3)c2c1N. The van der Waals surface area contributed by atoms with Gasteiger partial charge in [-0.3, -0.25) is 14.6 Å². The molecule has 302 valence electrons. The lowest BCUT2D eigenvalue weighted by atomic mass is 9.96. The predicted octanol–water partition coefficient (Wildman–Crippen LogP) is 8.42. The summed E-state index contributed by atoms with van der Waals surface area (Å²) >= 11 is 6.55. The van der Waals surface area contributed by atoms with Crippen molar-refractivity contribution in [3.05, 3.63) is 183 Å². The van der Waals surface area contributed by atoms with Crippen molar-refractivity contribution in [3.63, 3.8) is 0 Å². The third-order valence-corrected chi connectivity index (χ3v) is 12.8. The largest absolute Gasteiger partial charge is 0.397 e. The summed E-state index contributed by atoms with van der Waals surface area (Å²) in [6.45, 7) is 7.10. The molecule has 2 aliphatic heterocycles. The minimum absolute atomic E-state index is 0.213. The topological polar surface area (TPSA) is 135 Å². The number of H-pyrrole nitrogens is 1. The van der Waals surface area contributed by atoms with E-state index in [1.54, 1.807) is 6.20 Å². The Balaban J connectivity index is 0.000000168. The minimum atomic E-state index is -0.505. The molecule has 0 bridgehead atoms. The number of thiophene rings is 1. The number of benzene rings is 4. The Labute approximate surface area is 359 Å². The summed E-state index contributed by atoms with van der Waals surface area (Å²) in [4.78, 5) is 29.9. The molecule has 9 rings (SSSR count). The van der Waals surface area contributed by atoms with Gasteiger partial charge in [-0.25, -0.2) is 4.98 Å². The third-order valence-electron chi connectivity index (χ3n) is 11.4. The van der Waals surface area contributed by atoms with Crippen LogP contribution in [-0.2, 0) is 0 Å². The highest BCUT2D eigenvalue weighted by molar-refractivity contribution is 7.71. The number of amides is 1. The molecule has 0 saturated carbocycles. The molecule has 3 aromatic heterocycles. The molecule has 0 unspecified atom stereocenters. The summed E-state index contributed by atoms with van der Waals surface area (Å²) in [5.74, 6) is -0.505. The maximum atomic E-state index is 11.8. The smallest absolute Gasteiger partial charge is 0.260 e. The van der Waals surface area contributed by atoms with Crippen molar-refractivity contribution >= 4 is 56.7 Å². The molecule has 5 heterocycles. The maximum Gasteiger partial charge on any atom is 0.260 e. The van der Waals surface area contributed by atoms with Gasteiger partial charge in [0.15, 0.2) is 0 Å². The van der Waals surface area contributed by atoms with Crippen molar-refractivity contribution in [2.45, 2.75) is 12.1 Å². The molecule has 0 radical (unpaired) electrons. The van der Waals surface area contributed by atoms with Crippen LogP contribution in [-0.4, -0.2) is 78.0 Å². The van der Waals surface area contributed by atoms with Gasteiger partial charge in [-0.1, -0.05) is 134 Å². The number of aromatic amines is 1. The van der Waals surface area contributed by atoms with Crippen LogP contribution >= 0.6 is 23.6 Å². The number of rotatable bonds is 9. The van der Waals surface area contributed by atoms with Crippen LogP contribution in [0.5, 0.6) is 0 Å². The summed E-state index contributed by atoms with van der Waals surface area (Å²) in [5.41, 5.74) is 20.0. The van der Waals surface area contributed by atoms with Gasteiger partial charge in [0, 0.05) is 64.8 Å². The molecule has 0 atom stereocenters. The van der Waals surface area contributed by atoms with Gasteiger partial charge in [-0.15, -0.1) is 11.3 Å². The molecule has 4 aromatic carbocycles. The summed E-state index contributed by atoms with van der Waals surface area (Å²) in [6, 6.07) is 49.3. The van der Waals surface area contributed by atoms with Gasteiger partial charge in [0.1, 0.15) is 26.0 Å². The first-order valence-electron chi connectivity index (χ1n) is 20.2. The lowest BCUT2D eigenvalue weighted by Gasteiger charge is -2.41. The molecule has 7 aromatic rings. The number of nitrogen functional groups attached to an aromatic ring is 1. The molecule has 1 amide bonds. The van der Waals surface area contributed by atoms with Gasteiger partial charge >= 0.3 is 0 Å². The molecule has 2 aliphatic rings. The Morgan fingerprint density at radius 1 is 0.667 bits per heavy atom. The first kappa shape index (κ1) is 40.4. The van der Waals surface area contributed by atoms with Crippen LogP contribution in [0.15, 0.2) is 146 Å². The number of hydrogen-bond acceptors (Lipinski definition) is 10.